The molecule has 1 N–H and O–H groups in total. The summed E-state index contributed by atoms with van der Waals surface area (Å²) in [5.41, 5.74) is 3.74. The highest BCUT2D eigenvalue weighted by Gasteiger charge is 2.12. The van der Waals surface area contributed by atoms with Gasteiger partial charge in [-0.25, -0.2) is 4.98 Å². The number of benzene rings is 2. The number of hydrogen-bond donors (Lipinski definition) is 1. The Morgan fingerprint density at radius 2 is 1.96 bits per heavy atom. The molecule has 5 heteroatoms. The van der Waals surface area contributed by atoms with E-state index in [0.29, 0.717) is 6.61 Å². The maximum Gasteiger partial charge on any atom is 0.253 e. The van der Waals surface area contributed by atoms with Gasteiger partial charge >= 0.3 is 0 Å². The standard InChI is InChI=1S/C18H19N3O2/c1-3-23-13(2)18(22)20-14-8-10-15(11-9-14)21-12-19-16-6-4-5-7-17(16)21/h4-13H,3H2,1-2H3,(H,20,22). The molecule has 1 atom stereocenters. The number of anilines is 1. The number of rotatable bonds is 5. The van der Waals surface area contributed by atoms with Crippen molar-refractivity contribution >= 4 is 22.6 Å². The fourth-order valence-electron chi connectivity index (χ4n) is 2.44. The quantitative estimate of drug-likeness (QED) is 0.786. The second kappa shape index (κ2) is 6.62. The fourth-order valence-corrected chi connectivity index (χ4v) is 2.44. The zero-order valence-electron chi connectivity index (χ0n) is 13.2. The molecule has 2 aromatic carbocycles. The summed E-state index contributed by atoms with van der Waals surface area (Å²) in [6.07, 6.45) is 1.34. The monoisotopic (exact) mass is 309 g/mol. The number of ether oxygens (including phenoxy) is 1. The molecule has 0 saturated heterocycles. The van der Waals surface area contributed by atoms with Crippen LogP contribution in [-0.2, 0) is 9.53 Å². The Bertz CT molecular complexity index is 809. The van der Waals surface area contributed by atoms with Crippen LogP contribution in [0.5, 0.6) is 0 Å². The summed E-state index contributed by atoms with van der Waals surface area (Å²) in [7, 11) is 0. The lowest BCUT2D eigenvalue weighted by molar-refractivity contribution is -0.126. The summed E-state index contributed by atoms with van der Waals surface area (Å²) in [5, 5.41) is 2.85. The van der Waals surface area contributed by atoms with E-state index >= 15 is 0 Å². The van der Waals surface area contributed by atoms with E-state index in [1.807, 2.05) is 60.0 Å². The van der Waals surface area contributed by atoms with E-state index in [1.165, 1.54) is 0 Å². The summed E-state index contributed by atoms with van der Waals surface area (Å²) in [6.45, 7) is 4.13. The Morgan fingerprint density at radius 1 is 1.22 bits per heavy atom. The van der Waals surface area contributed by atoms with Gasteiger partial charge < -0.3 is 10.1 Å². The maximum absolute atomic E-state index is 11.9. The number of carbonyl (C=O) groups is 1. The van der Waals surface area contributed by atoms with Gasteiger partial charge in [-0.3, -0.25) is 9.36 Å². The molecule has 3 aromatic rings. The lowest BCUT2D eigenvalue weighted by atomic mass is 10.2. The van der Waals surface area contributed by atoms with Crippen LogP contribution in [0.2, 0.25) is 0 Å². The number of nitrogens with zero attached hydrogens (tertiary/aromatic N) is 2. The number of nitrogens with one attached hydrogen (secondary N) is 1. The van der Waals surface area contributed by atoms with E-state index in [-0.39, 0.29) is 5.91 Å². The van der Waals surface area contributed by atoms with Crippen LogP contribution in [0.15, 0.2) is 54.9 Å². The number of fused-ring (bicyclic) bond motifs is 1. The van der Waals surface area contributed by atoms with Crippen molar-refractivity contribution in [2.75, 3.05) is 11.9 Å². The van der Waals surface area contributed by atoms with Crippen LogP contribution in [0.3, 0.4) is 0 Å². The highest BCUT2D eigenvalue weighted by molar-refractivity contribution is 5.94. The van der Waals surface area contributed by atoms with Crippen LogP contribution in [0.25, 0.3) is 16.7 Å². The van der Waals surface area contributed by atoms with E-state index < -0.39 is 6.10 Å². The maximum atomic E-state index is 11.9. The number of amides is 1. The third-order valence-corrected chi connectivity index (χ3v) is 3.65. The molecule has 0 bridgehead atoms. The van der Waals surface area contributed by atoms with Gasteiger partial charge in [-0.15, -0.1) is 0 Å². The Morgan fingerprint density at radius 3 is 2.70 bits per heavy atom. The number of hydrogen-bond acceptors (Lipinski definition) is 3. The Kier molecular flexibility index (Phi) is 4.39. The molecule has 0 aliphatic carbocycles. The van der Waals surface area contributed by atoms with Crippen LogP contribution in [-0.4, -0.2) is 28.2 Å². The molecule has 0 radical (unpaired) electrons. The van der Waals surface area contributed by atoms with Gasteiger partial charge in [0.1, 0.15) is 12.4 Å². The second-order valence-corrected chi connectivity index (χ2v) is 5.24. The molecule has 1 unspecified atom stereocenters. The summed E-state index contributed by atoms with van der Waals surface area (Å²) in [4.78, 5) is 16.3. The average Bonchev–Trinajstić information content (AvgIpc) is 3.00. The summed E-state index contributed by atoms with van der Waals surface area (Å²) >= 11 is 0. The largest absolute Gasteiger partial charge is 0.369 e. The van der Waals surface area contributed by atoms with E-state index in [1.54, 1.807) is 13.3 Å². The molecule has 1 heterocycles. The van der Waals surface area contributed by atoms with Gasteiger partial charge in [0.2, 0.25) is 0 Å². The third kappa shape index (κ3) is 3.24. The summed E-state index contributed by atoms with van der Waals surface area (Å²) in [5.74, 6) is -0.146. The van der Waals surface area contributed by atoms with Crippen molar-refractivity contribution in [2.45, 2.75) is 20.0 Å². The lowest BCUT2D eigenvalue weighted by Crippen LogP contribution is -2.27. The minimum absolute atomic E-state index is 0.146. The van der Waals surface area contributed by atoms with Gasteiger partial charge in [0, 0.05) is 18.0 Å². The smallest absolute Gasteiger partial charge is 0.253 e. The molecule has 0 spiro atoms. The topological polar surface area (TPSA) is 56.1 Å². The highest BCUT2D eigenvalue weighted by Crippen LogP contribution is 2.19. The van der Waals surface area contributed by atoms with Gasteiger partial charge in [0.15, 0.2) is 0 Å². The van der Waals surface area contributed by atoms with Crippen LogP contribution in [0.1, 0.15) is 13.8 Å². The van der Waals surface area contributed by atoms with Crippen molar-refractivity contribution < 1.29 is 9.53 Å². The number of imidazole rings is 1. The number of aromatic nitrogens is 2. The molecule has 3 rings (SSSR count). The number of carbonyl (C=O) groups excluding carboxylic acids is 1. The van der Waals surface area contributed by atoms with Crippen molar-refractivity contribution in [3.8, 4) is 5.69 Å². The van der Waals surface area contributed by atoms with Crippen LogP contribution in [0, 0.1) is 0 Å². The van der Waals surface area contributed by atoms with Crippen molar-refractivity contribution in [1.29, 1.82) is 0 Å². The Hall–Kier alpha value is -2.66. The van der Waals surface area contributed by atoms with Crippen molar-refractivity contribution in [2.24, 2.45) is 0 Å². The van der Waals surface area contributed by atoms with E-state index in [9.17, 15) is 4.79 Å². The molecule has 118 valence electrons. The number of para-hydroxylation sites is 2. The lowest BCUT2D eigenvalue weighted by Gasteiger charge is -2.12. The molecule has 1 amide bonds. The van der Waals surface area contributed by atoms with E-state index in [2.05, 4.69) is 10.3 Å². The van der Waals surface area contributed by atoms with Crippen molar-refractivity contribution in [3.05, 3.63) is 54.9 Å². The highest BCUT2D eigenvalue weighted by atomic mass is 16.5. The van der Waals surface area contributed by atoms with Gasteiger partial charge in [-0.2, -0.15) is 0 Å². The van der Waals surface area contributed by atoms with Crippen molar-refractivity contribution in [3.63, 3.8) is 0 Å². The van der Waals surface area contributed by atoms with Crippen molar-refractivity contribution in [1.82, 2.24) is 9.55 Å². The molecule has 1 aromatic heterocycles. The summed E-state index contributed by atoms with van der Waals surface area (Å²) in [6, 6.07) is 15.6. The van der Waals surface area contributed by atoms with Gasteiger partial charge in [0.25, 0.3) is 5.91 Å². The molecule has 5 nitrogen and oxygen atoms in total. The molecule has 0 aliphatic rings. The fraction of sp³-hybridized carbons (Fsp3) is 0.222. The minimum Gasteiger partial charge on any atom is -0.369 e. The average molecular weight is 309 g/mol. The first-order valence-electron chi connectivity index (χ1n) is 7.64. The predicted molar refractivity (Wildman–Crippen MR) is 90.8 cm³/mol. The second-order valence-electron chi connectivity index (χ2n) is 5.24. The SMILES string of the molecule is CCOC(C)C(=O)Nc1ccc(-n2cnc3ccccc32)cc1. The van der Waals surface area contributed by atoms with Gasteiger partial charge in [-0.1, -0.05) is 12.1 Å². The zero-order valence-corrected chi connectivity index (χ0v) is 13.2. The first-order valence-corrected chi connectivity index (χ1v) is 7.64. The minimum atomic E-state index is -0.461. The van der Waals surface area contributed by atoms with Crippen LogP contribution < -0.4 is 5.32 Å². The molecule has 0 aliphatic heterocycles. The third-order valence-electron chi connectivity index (χ3n) is 3.65. The zero-order chi connectivity index (χ0) is 16.2. The van der Waals surface area contributed by atoms with Gasteiger partial charge in [0.05, 0.1) is 11.0 Å². The first-order chi connectivity index (χ1) is 11.2. The molecule has 23 heavy (non-hydrogen) atoms. The molecular formula is C18H19N3O2. The normalized spacial score (nSPS) is 12.3. The first kappa shape index (κ1) is 15.2. The Labute approximate surface area is 134 Å². The van der Waals surface area contributed by atoms with E-state index in [4.69, 9.17) is 4.74 Å². The molecule has 0 saturated carbocycles. The van der Waals surface area contributed by atoms with Crippen LogP contribution >= 0.6 is 0 Å². The van der Waals surface area contributed by atoms with Crippen LogP contribution in [0.4, 0.5) is 5.69 Å². The van der Waals surface area contributed by atoms with E-state index in [0.717, 1.165) is 22.4 Å². The summed E-state index contributed by atoms with van der Waals surface area (Å²) < 4.78 is 7.30. The molecule has 0 fully saturated rings. The molecular weight excluding hydrogens is 290 g/mol. The predicted octanol–water partition coefficient (Wildman–Crippen LogP) is 3.39. The Balaban J connectivity index is 1.78. The van der Waals surface area contributed by atoms with Gasteiger partial charge in [-0.05, 0) is 50.2 Å².